The molecule has 0 amide bonds. The molecular weight excluding hydrogens is 296 g/mol. The lowest BCUT2D eigenvalue weighted by Crippen LogP contribution is -2.28. The van der Waals surface area contributed by atoms with E-state index in [1.807, 2.05) is 0 Å². The molecule has 3 aliphatic heterocycles. The lowest BCUT2D eigenvalue weighted by atomic mass is 9.89. The molecule has 0 radical (unpaired) electrons. The molecule has 23 heavy (non-hydrogen) atoms. The van der Waals surface area contributed by atoms with E-state index in [0.29, 0.717) is 49.5 Å². The van der Waals surface area contributed by atoms with Gasteiger partial charge in [0.2, 0.25) is 0 Å². The first-order chi connectivity index (χ1) is 11.2. The predicted molar refractivity (Wildman–Crippen MR) is 84.2 cm³/mol. The number of ether oxygens (including phenoxy) is 5. The van der Waals surface area contributed by atoms with Gasteiger partial charge in [-0.25, -0.2) is 0 Å². The Morgan fingerprint density at radius 2 is 2.00 bits per heavy atom. The van der Waals surface area contributed by atoms with Crippen LogP contribution in [0, 0.1) is 11.8 Å². The summed E-state index contributed by atoms with van der Waals surface area (Å²) in [5, 5.41) is 0. The highest BCUT2D eigenvalue weighted by Gasteiger charge is 2.47. The third kappa shape index (κ3) is 4.07. The van der Waals surface area contributed by atoms with Crippen molar-refractivity contribution in [2.24, 2.45) is 11.8 Å². The average molecular weight is 326 g/mol. The minimum absolute atomic E-state index is 0.0450. The van der Waals surface area contributed by atoms with E-state index in [9.17, 15) is 0 Å². The fourth-order valence-corrected chi connectivity index (χ4v) is 4.01. The first-order valence-corrected chi connectivity index (χ1v) is 9.38. The van der Waals surface area contributed by atoms with E-state index in [1.165, 1.54) is 6.42 Å². The van der Waals surface area contributed by atoms with Crippen molar-refractivity contribution in [3.05, 3.63) is 0 Å². The van der Waals surface area contributed by atoms with Crippen molar-refractivity contribution >= 4 is 0 Å². The van der Waals surface area contributed by atoms with Crippen LogP contribution in [0.4, 0.5) is 0 Å². The van der Waals surface area contributed by atoms with Gasteiger partial charge in [0, 0.05) is 12.5 Å². The third-order valence-corrected chi connectivity index (χ3v) is 5.84. The molecule has 0 aromatic carbocycles. The van der Waals surface area contributed by atoms with Crippen LogP contribution < -0.4 is 0 Å². The second-order valence-corrected chi connectivity index (χ2v) is 7.67. The highest BCUT2D eigenvalue weighted by molar-refractivity contribution is 4.93. The molecule has 8 atom stereocenters. The molecule has 132 valence electrons. The highest BCUT2D eigenvalue weighted by atomic mass is 16.7. The summed E-state index contributed by atoms with van der Waals surface area (Å²) in [7, 11) is 0. The largest absolute Gasteiger partial charge is 0.378 e. The van der Waals surface area contributed by atoms with E-state index < -0.39 is 0 Å². The number of epoxide rings is 2. The molecule has 0 spiro atoms. The highest BCUT2D eigenvalue weighted by Crippen LogP contribution is 2.42. The Bertz CT molecular complexity index is 403. The summed E-state index contributed by atoms with van der Waals surface area (Å²) in [6.45, 7) is 6.47. The van der Waals surface area contributed by atoms with Crippen molar-refractivity contribution < 1.29 is 23.7 Å². The van der Waals surface area contributed by atoms with Crippen LogP contribution in [0.1, 0.15) is 46.0 Å². The Hall–Kier alpha value is -0.200. The molecule has 0 N–H and O–H groups in total. The fourth-order valence-electron chi connectivity index (χ4n) is 4.01. The van der Waals surface area contributed by atoms with Crippen LogP contribution in [0.2, 0.25) is 0 Å². The quantitative estimate of drug-likeness (QED) is 0.642. The van der Waals surface area contributed by atoms with Gasteiger partial charge in [-0.3, -0.25) is 0 Å². The average Bonchev–Trinajstić information content (AvgIpc) is 3.43. The fraction of sp³-hybridized carbons (Fsp3) is 1.00. The minimum Gasteiger partial charge on any atom is -0.378 e. The monoisotopic (exact) mass is 326 g/mol. The van der Waals surface area contributed by atoms with Crippen LogP contribution in [-0.2, 0) is 23.7 Å². The molecule has 4 aliphatic rings. The molecule has 5 nitrogen and oxygen atoms in total. The summed E-state index contributed by atoms with van der Waals surface area (Å²) in [6, 6.07) is 0. The van der Waals surface area contributed by atoms with E-state index >= 15 is 0 Å². The van der Waals surface area contributed by atoms with Crippen LogP contribution in [-0.4, -0.2) is 56.6 Å². The zero-order valence-corrected chi connectivity index (χ0v) is 14.3. The molecule has 4 fully saturated rings. The van der Waals surface area contributed by atoms with Crippen LogP contribution in [0.15, 0.2) is 0 Å². The zero-order valence-electron chi connectivity index (χ0n) is 14.3. The standard InChI is InChI=1S/C18H30O5/c1-3-12(6-16-11(2)21-16)8-19-9-14-10-20-18(22-14)13-4-5-15-17(7-13)23-15/h11-18H,3-10H2,1-2H3. The van der Waals surface area contributed by atoms with Gasteiger partial charge in [0.15, 0.2) is 6.29 Å². The summed E-state index contributed by atoms with van der Waals surface area (Å²) < 4.78 is 29.0. The molecule has 0 aromatic heterocycles. The first-order valence-electron chi connectivity index (χ1n) is 9.38. The van der Waals surface area contributed by atoms with Gasteiger partial charge in [0.05, 0.1) is 37.6 Å². The summed E-state index contributed by atoms with van der Waals surface area (Å²) >= 11 is 0. The van der Waals surface area contributed by atoms with E-state index in [1.54, 1.807) is 0 Å². The molecule has 8 unspecified atom stereocenters. The Kier molecular flexibility index (Phi) is 4.93. The third-order valence-electron chi connectivity index (χ3n) is 5.84. The number of hydrogen-bond acceptors (Lipinski definition) is 5. The van der Waals surface area contributed by atoms with Crippen molar-refractivity contribution in [2.75, 3.05) is 19.8 Å². The molecule has 0 bridgehead atoms. The Balaban J connectivity index is 1.13. The summed E-state index contributed by atoms with van der Waals surface area (Å²) in [5.74, 6) is 1.09. The van der Waals surface area contributed by atoms with E-state index in [0.717, 1.165) is 32.3 Å². The van der Waals surface area contributed by atoms with Crippen molar-refractivity contribution in [3.63, 3.8) is 0 Å². The van der Waals surface area contributed by atoms with Crippen LogP contribution in [0.3, 0.4) is 0 Å². The molecule has 3 saturated heterocycles. The smallest absolute Gasteiger partial charge is 0.161 e. The Morgan fingerprint density at radius 1 is 1.13 bits per heavy atom. The van der Waals surface area contributed by atoms with Crippen LogP contribution in [0.5, 0.6) is 0 Å². The van der Waals surface area contributed by atoms with E-state index in [-0.39, 0.29) is 12.4 Å². The first kappa shape index (κ1) is 16.3. The lowest BCUT2D eigenvalue weighted by molar-refractivity contribution is -0.112. The van der Waals surface area contributed by atoms with Crippen LogP contribution in [0.25, 0.3) is 0 Å². The number of hydrogen-bond donors (Lipinski definition) is 0. The van der Waals surface area contributed by atoms with Crippen LogP contribution >= 0.6 is 0 Å². The van der Waals surface area contributed by atoms with Gasteiger partial charge >= 0.3 is 0 Å². The molecule has 1 aliphatic carbocycles. The van der Waals surface area contributed by atoms with Gasteiger partial charge in [0.25, 0.3) is 0 Å². The zero-order chi connectivity index (χ0) is 15.8. The second-order valence-electron chi connectivity index (χ2n) is 7.67. The maximum Gasteiger partial charge on any atom is 0.161 e. The molecule has 4 rings (SSSR count). The Labute approximate surface area is 138 Å². The molecule has 1 saturated carbocycles. The number of rotatable bonds is 8. The van der Waals surface area contributed by atoms with Gasteiger partial charge in [-0.2, -0.15) is 0 Å². The van der Waals surface area contributed by atoms with Crippen molar-refractivity contribution in [1.82, 2.24) is 0 Å². The molecular formula is C18H30O5. The summed E-state index contributed by atoms with van der Waals surface area (Å²) in [4.78, 5) is 0. The van der Waals surface area contributed by atoms with Gasteiger partial charge in [0.1, 0.15) is 6.10 Å². The van der Waals surface area contributed by atoms with Crippen molar-refractivity contribution in [2.45, 2.75) is 82.8 Å². The molecule has 3 heterocycles. The molecule has 5 heteroatoms. The second kappa shape index (κ2) is 6.96. The SMILES string of the molecule is CCC(COCC1COC(C2CCC3OC3C2)O1)CC1OC1C. The molecule has 0 aromatic rings. The number of fused-ring (bicyclic) bond motifs is 1. The maximum absolute atomic E-state index is 6.07. The van der Waals surface area contributed by atoms with Gasteiger partial charge in [-0.1, -0.05) is 13.3 Å². The summed E-state index contributed by atoms with van der Waals surface area (Å²) in [5.41, 5.74) is 0. The van der Waals surface area contributed by atoms with Crippen molar-refractivity contribution in [1.29, 1.82) is 0 Å². The topological polar surface area (TPSA) is 52.8 Å². The minimum atomic E-state index is -0.0450. The van der Waals surface area contributed by atoms with Crippen molar-refractivity contribution in [3.8, 4) is 0 Å². The maximum atomic E-state index is 6.07. The predicted octanol–water partition coefficient (Wildman–Crippen LogP) is 2.52. The van der Waals surface area contributed by atoms with Gasteiger partial charge in [-0.15, -0.1) is 0 Å². The lowest BCUT2D eigenvalue weighted by Gasteiger charge is -2.24. The Morgan fingerprint density at radius 3 is 2.74 bits per heavy atom. The normalized spacial score (nSPS) is 46.4. The summed E-state index contributed by atoms with van der Waals surface area (Å²) in [6.07, 6.45) is 7.65. The van der Waals surface area contributed by atoms with Gasteiger partial charge < -0.3 is 23.7 Å². The van der Waals surface area contributed by atoms with Gasteiger partial charge in [-0.05, 0) is 38.5 Å². The van der Waals surface area contributed by atoms with E-state index in [4.69, 9.17) is 23.7 Å². The van der Waals surface area contributed by atoms with E-state index in [2.05, 4.69) is 13.8 Å².